The van der Waals surface area contributed by atoms with Gasteiger partial charge in [0.05, 0.1) is 7.11 Å². The van der Waals surface area contributed by atoms with Crippen molar-refractivity contribution in [2.24, 2.45) is 0 Å². The van der Waals surface area contributed by atoms with Gasteiger partial charge in [-0.1, -0.05) is 39.8 Å². The first kappa shape index (κ1) is 21.4. The first-order chi connectivity index (χ1) is 14.5. The molecule has 0 radical (unpaired) electrons. The lowest BCUT2D eigenvalue weighted by atomic mass is 9.62. The van der Waals surface area contributed by atoms with Crippen molar-refractivity contribution in [1.29, 1.82) is 0 Å². The highest BCUT2D eigenvalue weighted by Crippen LogP contribution is 2.48. The van der Waals surface area contributed by atoms with Crippen LogP contribution in [0.2, 0.25) is 0 Å². The van der Waals surface area contributed by atoms with Gasteiger partial charge in [-0.25, -0.2) is 4.79 Å². The lowest BCUT2D eigenvalue weighted by Gasteiger charge is -2.42. The number of rotatable bonds is 4. The Hall–Kier alpha value is -2.82. The number of hydrogen-bond acceptors (Lipinski definition) is 3. The Morgan fingerprint density at radius 1 is 0.968 bits per heavy atom. The summed E-state index contributed by atoms with van der Waals surface area (Å²) in [6.45, 7) is 11.5. The molecule has 1 unspecified atom stereocenters. The molecule has 1 aliphatic carbocycles. The van der Waals surface area contributed by atoms with Gasteiger partial charge in [-0.3, -0.25) is 10.1 Å². The van der Waals surface area contributed by atoms with Crippen LogP contribution in [-0.4, -0.2) is 25.1 Å². The van der Waals surface area contributed by atoms with Crippen LogP contribution in [0.4, 0.5) is 4.79 Å². The number of ether oxygens (including phenoxy) is 1. The maximum absolute atomic E-state index is 12.0. The van der Waals surface area contributed by atoms with E-state index in [-0.39, 0.29) is 16.7 Å². The molecular weight excluding hydrogens is 388 g/mol. The standard InChI is InChI=1S/C26H32N2O3/c1-15-11-19-20(26(4,5)10-9-25(19,2)3)14-17(15)18-12-16(7-8-22(18)31-6)13-21-23(29)28-24(30)27-21/h7-8,11-12,14,21H,9-10,13H2,1-6H3,(H2,27,28,29,30). The number of benzene rings is 2. The minimum Gasteiger partial charge on any atom is -0.496 e. The van der Waals surface area contributed by atoms with Gasteiger partial charge in [0.1, 0.15) is 11.8 Å². The monoisotopic (exact) mass is 420 g/mol. The van der Waals surface area contributed by atoms with E-state index in [1.165, 1.54) is 23.1 Å². The molecule has 3 amide bonds. The summed E-state index contributed by atoms with van der Waals surface area (Å²) in [5, 5.41) is 4.98. The molecule has 1 aliphatic heterocycles. The van der Waals surface area contributed by atoms with Crippen LogP contribution in [0.5, 0.6) is 5.75 Å². The van der Waals surface area contributed by atoms with Crippen LogP contribution in [0.1, 0.15) is 62.8 Å². The zero-order valence-corrected chi connectivity index (χ0v) is 19.3. The van der Waals surface area contributed by atoms with E-state index in [1.54, 1.807) is 7.11 Å². The molecule has 0 spiro atoms. The molecule has 2 aliphatic rings. The third kappa shape index (κ3) is 3.82. The zero-order chi connectivity index (χ0) is 22.6. The van der Waals surface area contributed by atoms with Gasteiger partial charge >= 0.3 is 6.03 Å². The van der Waals surface area contributed by atoms with Gasteiger partial charge in [-0.05, 0) is 76.6 Å². The van der Waals surface area contributed by atoms with Crippen LogP contribution in [0.25, 0.3) is 11.1 Å². The van der Waals surface area contributed by atoms with Gasteiger partial charge in [-0.2, -0.15) is 0 Å². The van der Waals surface area contributed by atoms with Crippen LogP contribution in [0, 0.1) is 6.92 Å². The molecule has 164 valence electrons. The average Bonchev–Trinajstić information content (AvgIpc) is 3.02. The highest BCUT2D eigenvalue weighted by molar-refractivity contribution is 6.04. The van der Waals surface area contributed by atoms with E-state index in [0.29, 0.717) is 6.42 Å². The Morgan fingerprint density at radius 3 is 2.19 bits per heavy atom. The molecule has 1 atom stereocenters. The molecular formula is C26H32N2O3. The largest absolute Gasteiger partial charge is 0.496 e. The van der Waals surface area contributed by atoms with E-state index in [1.807, 2.05) is 12.1 Å². The summed E-state index contributed by atoms with van der Waals surface area (Å²) >= 11 is 0. The highest BCUT2D eigenvalue weighted by Gasteiger charge is 2.37. The second kappa shape index (κ2) is 7.40. The van der Waals surface area contributed by atoms with E-state index < -0.39 is 12.1 Å². The molecule has 0 saturated carbocycles. The van der Waals surface area contributed by atoms with Crippen LogP contribution in [0.15, 0.2) is 30.3 Å². The van der Waals surface area contributed by atoms with Crippen molar-refractivity contribution in [3.05, 3.63) is 52.6 Å². The molecule has 0 aromatic heterocycles. The number of methoxy groups -OCH3 is 1. The lowest BCUT2D eigenvalue weighted by Crippen LogP contribution is -2.34. The second-order valence-corrected chi connectivity index (χ2v) is 10.2. The number of urea groups is 1. The van der Waals surface area contributed by atoms with E-state index in [2.05, 4.69) is 63.5 Å². The molecule has 1 fully saturated rings. The fourth-order valence-corrected chi connectivity index (χ4v) is 4.94. The quantitative estimate of drug-likeness (QED) is 0.700. The molecule has 0 bridgehead atoms. The molecule has 1 saturated heterocycles. The minimum atomic E-state index is -0.543. The zero-order valence-electron chi connectivity index (χ0n) is 19.3. The van der Waals surface area contributed by atoms with E-state index in [0.717, 1.165) is 28.9 Å². The van der Waals surface area contributed by atoms with Crippen molar-refractivity contribution in [1.82, 2.24) is 10.6 Å². The van der Waals surface area contributed by atoms with Crippen LogP contribution < -0.4 is 15.4 Å². The van der Waals surface area contributed by atoms with Crippen molar-refractivity contribution in [3.8, 4) is 16.9 Å². The summed E-state index contributed by atoms with van der Waals surface area (Å²) in [6, 6.07) is 9.72. The molecule has 1 heterocycles. The normalized spacial score (nSPS) is 21.3. The van der Waals surface area contributed by atoms with Gasteiger partial charge in [-0.15, -0.1) is 0 Å². The minimum absolute atomic E-state index is 0.115. The first-order valence-corrected chi connectivity index (χ1v) is 11.0. The summed E-state index contributed by atoms with van der Waals surface area (Å²) in [5.41, 5.74) is 7.48. The van der Waals surface area contributed by atoms with Crippen molar-refractivity contribution >= 4 is 11.9 Å². The molecule has 2 N–H and O–H groups in total. The Bertz CT molecular complexity index is 1070. The molecule has 31 heavy (non-hydrogen) atoms. The number of hydrogen-bond donors (Lipinski definition) is 2. The van der Waals surface area contributed by atoms with E-state index in [4.69, 9.17) is 4.74 Å². The third-order valence-electron chi connectivity index (χ3n) is 7.05. The maximum atomic E-state index is 12.0. The Kier molecular flexibility index (Phi) is 5.11. The van der Waals surface area contributed by atoms with Gasteiger partial charge in [0.2, 0.25) is 0 Å². The third-order valence-corrected chi connectivity index (χ3v) is 7.05. The van der Waals surface area contributed by atoms with Gasteiger partial charge in [0, 0.05) is 12.0 Å². The predicted octanol–water partition coefficient (Wildman–Crippen LogP) is 4.77. The van der Waals surface area contributed by atoms with Gasteiger partial charge in [0.15, 0.2) is 0 Å². The number of fused-ring (bicyclic) bond motifs is 1. The summed E-state index contributed by atoms with van der Waals surface area (Å²) in [7, 11) is 1.68. The highest BCUT2D eigenvalue weighted by atomic mass is 16.5. The summed E-state index contributed by atoms with van der Waals surface area (Å²) < 4.78 is 5.71. The fraction of sp³-hybridized carbons (Fsp3) is 0.462. The van der Waals surface area contributed by atoms with Crippen molar-refractivity contribution in [2.45, 2.75) is 70.8 Å². The number of carbonyl (C=O) groups excluding carboxylic acids is 2. The van der Waals surface area contributed by atoms with E-state index >= 15 is 0 Å². The van der Waals surface area contributed by atoms with Crippen LogP contribution in [-0.2, 0) is 22.0 Å². The number of nitrogens with one attached hydrogen (secondary N) is 2. The fourth-order valence-electron chi connectivity index (χ4n) is 4.94. The Morgan fingerprint density at radius 2 is 1.61 bits per heavy atom. The molecule has 5 heteroatoms. The van der Waals surface area contributed by atoms with Crippen molar-refractivity contribution < 1.29 is 14.3 Å². The Labute approximate surface area is 184 Å². The topological polar surface area (TPSA) is 67.4 Å². The van der Waals surface area contributed by atoms with Crippen LogP contribution >= 0.6 is 0 Å². The van der Waals surface area contributed by atoms with Crippen molar-refractivity contribution in [3.63, 3.8) is 0 Å². The smallest absolute Gasteiger partial charge is 0.322 e. The van der Waals surface area contributed by atoms with Gasteiger partial charge < -0.3 is 10.1 Å². The lowest BCUT2D eigenvalue weighted by molar-refractivity contribution is -0.120. The molecule has 2 aromatic rings. The molecule has 5 nitrogen and oxygen atoms in total. The number of aryl methyl sites for hydroxylation is 1. The summed E-state index contributed by atoms with van der Waals surface area (Å²) in [6.07, 6.45) is 2.78. The maximum Gasteiger partial charge on any atom is 0.322 e. The number of carbonyl (C=O) groups is 2. The predicted molar refractivity (Wildman–Crippen MR) is 123 cm³/mol. The average molecular weight is 421 g/mol. The second-order valence-electron chi connectivity index (χ2n) is 10.2. The van der Waals surface area contributed by atoms with Crippen molar-refractivity contribution in [2.75, 3.05) is 7.11 Å². The summed E-state index contributed by atoms with van der Waals surface area (Å²) in [4.78, 5) is 23.5. The van der Waals surface area contributed by atoms with Gasteiger partial charge in [0.25, 0.3) is 5.91 Å². The Balaban J connectivity index is 1.80. The van der Waals surface area contributed by atoms with E-state index in [9.17, 15) is 9.59 Å². The number of amides is 3. The summed E-state index contributed by atoms with van der Waals surface area (Å²) in [5.74, 6) is 0.524. The SMILES string of the molecule is COc1ccc(CC2NC(=O)NC2=O)cc1-c1cc2c(cc1C)C(C)(C)CCC2(C)C. The number of imide groups is 1. The first-order valence-electron chi connectivity index (χ1n) is 11.0. The molecule has 4 rings (SSSR count). The van der Waals surface area contributed by atoms with Crippen LogP contribution in [0.3, 0.4) is 0 Å². The molecule has 2 aromatic carbocycles.